The highest BCUT2D eigenvalue weighted by atomic mass is 127. The Morgan fingerprint density at radius 3 is 2.38 bits per heavy atom. The number of nitrogens with zero attached hydrogens (tertiary/aromatic N) is 3. The molecule has 0 spiro atoms. The van der Waals surface area contributed by atoms with Crippen LogP contribution in [0.3, 0.4) is 0 Å². The Kier molecular flexibility index (Phi) is 10.7. The van der Waals surface area contributed by atoms with Gasteiger partial charge in [0.1, 0.15) is 23.1 Å². The van der Waals surface area contributed by atoms with Crippen molar-refractivity contribution in [2.24, 2.45) is 4.99 Å². The molecule has 1 fully saturated rings. The molecule has 1 aliphatic rings. The number of hydrogen-bond donors (Lipinski definition) is 1. The van der Waals surface area contributed by atoms with Gasteiger partial charge in [0.2, 0.25) is 0 Å². The maximum atomic E-state index is 13.8. The first-order valence-electron chi connectivity index (χ1n) is 10.3. The number of piperazine rings is 1. The zero-order valence-electron chi connectivity index (χ0n) is 18.1. The molecule has 1 aliphatic heterocycles. The Labute approximate surface area is 206 Å². The van der Waals surface area contributed by atoms with E-state index in [4.69, 9.17) is 4.74 Å². The summed E-state index contributed by atoms with van der Waals surface area (Å²) in [6, 6.07) is 15.2. The Hall–Kier alpha value is -1.92. The highest BCUT2D eigenvalue weighted by Crippen LogP contribution is 2.15. The zero-order chi connectivity index (χ0) is 22.1. The van der Waals surface area contributed by atoms with Crippen LogP contribution in [0.4, 0.5) is 4.39 Å². The minimum atomic E-state index is -3.70. The fourth-order valence-electron chi connectivity index (χ4n) is 3.43. The fraction of sp³-hybridized carbons (Fsp3) is 0.409. The van der Waals surface area contributed by atoms with Crippen LogP contribution >= 0.6 is 24.0 Å². The monoisotopic (exact) mass is 576 g/mol. The number of hydrogen-bond acceptors (Lipinski definition) is 5. The summed E-state index contributed by atoms with van der Waals surface area (Å²) in [5.41, 5.74) is 0. The van der Waals surface area contributed by atoms with Crippen molar-refractivity contribution in [3.05, 3.63) is 60.4 Å². The Balaban J connectivity index is 0.00000363. The van der Waals surface area contributed by atoms with E-state index >= 15 is 0 Å². The summed E-state index contributed by atoms with van der Waals surface area (Å²) in [6.07, 6.45) is 0. The van der Waals surface area contributed by atoms with Crippen molar-refractivity contribution in [1.29, 1.82) is 0 Å². The maximum absolute atomic E-state index is 13.8. The Morgan fingerprint density at radius 1 is 1.06 bits per heavy atom. The molecular formula is C22H30FIN4O3S. The van der Waals surface area contributed by atoms with E-state index in [0.717, 1.165) is 44.5 Å². The van der Waals surface area contributed by atoms with E-state index in [1.165, 1.54) is 18.2 Å². The van der Waals surface area contributed by atoms with E-state index < -0.39 is 15.7 Å². The van der Waals surface area contributed by atoms with Crippen LogP contribution in [-0.4, -0.2) is 82.9 Å². The molecule has 10 heteroatoms. The van der Waals surface area contributed by atoms with Crippen LogP contribution in [0.2, 0.25) is 0 Å². The van der Waals surface area contributed by atoms with Gasteiger partial charge in [-0.05, 0) is 24.3 Å². The SMILES string of the molecule is CN=C(NCCS(=O)(=O)c1ccccc1F)N1CCN(CCOc2ccccc2)CC1.I. The summed E-state index contributed by atoms with van der Waals surface area (Å²) in [4.78, 5) is 8.43. The lowest BCUT2D eigenvalue weighted by molar-refractivity contribution is 0.152. The van der Waals surface area contributed by atoms with Gasteiger partial charge in [0, 0.05) is 46.3 Å². The molecule has 2 aromatic rings. The van der Waals surface area contributed by atoms with Gasteiger partial charge in [-0.1, -0.05) is 30.3 Å². The molecule has 0 bridgehead atoms. The lowest BCUT2D eigenvalue weighted by atomic mass is 10.3. The van der Waals surface area contributed by atoms with Crippen molar-refractivity contribution in [3.8, 4) is 5.75 Å². The first-order chi connectivity index (χ1) is 15.0. The molecule has 0 aliphatic carbocycles. The standard InChI is InChI=1S/C22H29FN4O3S.HI/c1-24-22(25-11-18-31(28,29)21-10-6-5-9-20(21)23)27-14-12-26(13-15-27)16-17-30-19-7-3-2-4-8-19;/h2-10H,11-18H2,1H3,(H,24,25);1H. The van der Waals surface area contributed by atoms with Gasteiger partial charge in [0.15, 0.2) is 15.8 Å². The van der Waals surface area contributed by atoms with Gasteiger partial charge in [-0.15, -0.1) is 24.0 Å². The molecule has 7 nitrogen and oxygen atoms in total. The molecule has 3 rings (SSSR count). The van der Waals surface area contributed by atoms with Crippen molar-refractivity contribution < 1.29 is 17.5 Å². The van der Waals surface area contributed by atoms with Gasteiger partial charge in [-0.25, -0.2) is 12.8 Å². The van der Waals surface area contributed by atoms with Crippen LogP contribution in [0.15, 0.2) is 64.5 Å². The molecular weight excluding hydrogens is 546 g/mol. The third-order valence-electron chi connectivity index (χ3n) is 5.13. The minimum Gasteiger partial charge on any atom is -0.492 e. The molecule has 0 atom stereocenters. The van der Waals surface area contributed by atoms with E-state index in [-0.39, 0.29) is 41.2 Å². The van der Waals surface area contributed by atoms with Crippen LogP contribution in [0.25, 0.3) is 0 Å². The van der Waals surface area contributed by atoms with Gasteiger partial charge in [-0.3, -0.25) is 9.89 Å². The number of halogens is 2. The molecule has 0 saturated carbocycles. The van der Waals surface area contributed by atoms with Crippen molar-refractivity contribution >= 4 is 39.8 Å². The van der Waals surface area contributed by atoms with Gasteiger partial charge in [-0.2, -0.15) is 0 Å². The van der Waals surface area contributed by atoms with Gasteiger partial charge in [0.25, 0.3) is 0 Å². The van der Waals surface area contributed by atoms with E-state index in [1.54, 1.807) is 7.05 Å². The third-order valence-corrected chi connectivity index (χ3v) is 6.87. The van der Waals surface area contributed by atoms with Crippen LogP contribution < -0.4 is 10.1 Å². The minimum absolute atomic E-state index is 0. The number of sulfone groups is 1. The molecule has 0 amide bonds. The van der Waals surface area contributed by atoms with Crippen molar-refractivity contribution in [2.75, 3.05) is 58.7 Å². The highest BCUT2D eigenvalue weighted by Gasteiger charge is 2.21. The molecule has 1 N–H and O–H groups in total. The molecule has 0 aromatic heterocycles. The first-order valence-corrected chi connectivity index (χ1v) is 12.0. The highest BCUT2D eigenvalue weighted by molar-refractivity contribution is 14.0. The lowest BCUT2D eigenvalue weighted by Crippen LogP contribution is -2.53. The molecule has 2 aromatic carbocycles. The summed E-state index contributed by atoms with van der Waals surface area (Å²) in [5, 5.41) is 3.10. The second-order valence-electron chi connectivity index (χ2n) is 7.21. The molecule has 0 unspecified atom stereocenters. The van der Waals surface area contributed by atoms with Gasteiger partial charge >= 0.3 is 0 Å². The van der Waals surface area contributed by atoms with Crippen molar-refractivity contribution in [3.63, 3.8) is 0 Å². The number of rotatable bonds is 8. The lowest BCUT2D eigenvalue weighted by Gasteiger charge is -2.36. The number of guanidine groups is 1. The average Bonchev–Trinajstić information content (AvgIpc) is 2.78. The van der Waals surface area contributed by atoms with Crippen molar-refractivity contribution in [2.45, 2.75) is 4.90 Å². The summed E-state index contributed by atoms with van der Waals surface area (Å²) < 4.78 is 44.3. The van der Waals surface area contributed by atoms with Gasteiger partial charge < -0.3 is 15.0 Å². The number of benzene rings is 2. The van der Waals surface area contributed by atoms with Crippen LogP contribution in [0.1, 0.15) is 0 Å². The Bertz CT molecular complexity index is 968. The largest absolute Gasteiger partial charge is 0.492 e. The summed E-state index contributed by atoms with van der Waals surface area (Å²) in [7, 11) is -2.03. The first kappa shape index (κ1) is 26.3. The van der Waals surface area contributed by atoms with E-state index in [1.807, 2.05) is 30.3 Å². The fourth-order valence-corrected chi connectivity index (χ4v) is 4.67. The average molecular weight is 576 g/mol. The summed E-state index contributed by atoms with van der Waals surface area (Å²) in [6.45, 7) is 4.93. The number of aliphatic imine (C=N–C) groups is 1. The topological polar surface area (TPSA) is 74.2 Å². The molecule has 32 heavy (non-hydrogen) atoms. The van der Waals surface area contributed by atoms with Crippen LogP contribution in [0.5, 0.6) is 5.75 Å². The van der Waals surface area contributed by atoms with E-state index in [9.17, 15) is 12.8 Å². The molecule has 1 saturated heterocycles. The van der Waals surface area contributed by atoms with Crippen LogP contribution in [0, 0.1) is 5.82 Å². The number of para-hydroxylation sites is 1. The molecule has 1 heterocycles. The van der Waals surface area contributed by atoms with Gasteiger partial charge in [0.05, 0.1) is 5.75 Å². The third kappa shape index (κ3) is 7.59. The van der Waals surface area contributed by atoms with E-state index in [0.29, 0.717) is 12.6 Å². The predicted octanol–water partition coefficient (Wildman–Crippen LogP) is 2.49. The number of ether oxygens (including phenoxy) is 1. The molecule has 0 radical (unpaired) electrons. The Morgan fingerprint density at radius 2 is 1.72 bits per heavy atom. The zero-order valence-corrected chi connectivity index (χ0v) is 21.3. The number of nitrogens with one attached hydrogen (secondary N) is 1. The molecule has 176 valence electrons. The smallest absolute Gasteiger partial charge is 0.193 e. The second kappa shape index (κ2) is 12.9. The quantitative estimate of drug-likeness (QED) is 0.296. The van der Waals surface area contributed by atoms with Crippen LogP contribution in [-0.2, 0) is 9.84 Å². The predicted molar refractivity (Wildman–Crippen MR) is 135 cm³/mol. The maximum Gasteiger partial charge on any atom is 0.193 e. The normalized spacial score (nSPS) is 15.2. The van der Waals surface area contributed by atoms with E-state index in [2.05, 4.69) is 20.1 Å². The second-order valence-corrected chi connectivity index (χ2v) is 9.29. The van der Waals surface area contributed by atoms with Crippen molar-refractivity contribution in [1.82, 2.24) is 15.1 Å². The summed E-state index contributed by atoms with van der Waals surface area (Å²) >= 11 is 0. The summed E-state index contributed by atoms with van der Waals surface area (Å²) in [5.74, 6) is 0.600.